The minimum Gasteiger partial charge on any atom is -0.346 e. The molecule has 0 unspecified atom stereocenters. The summed E-state index contributed by atoms with van der Waals surface area (Å²) < 4.78 is 13.2. The second kappa shape index (κ2) is 8.68. The van der Waals surface area contributed by atoms with Gasteiger partial charge in [0.25, 0.3) is 0 Å². The minimum atomic E-state index is -0.648. The van der Waals surface area contributed by atoms with E-state index in [9.17, 15) is 14.0 Å². The van der Waals surface area contributed by atoms with Crippen LogP contribution in [0, 0.1) is 11.7 Å². The fourth-order valence-electron chi connectivity index (χ4n) is 2.05. The van der Waals surface area contributed by atoms with Crippen LogP contribution in [0.15, 0.2) is 30.5 Å². The molecule has 0 saturated carbocycles. The number of amides is 2. The SMILES string of the molecule is CC(C)[C@H](N)C(=O)NCC(=O)Nc1ncc(Cc2cccc(F)c2)s1. The van der Waals surface area contributed by atoms with E-state index < -0.39 is 6.04 Å². The van der Waals surface area contributed by atoms with Crippen molar-refractivity contribution >= 4 is 28.3 Å². The Kier molecular flexibility index (Phi) is 6.60. The molecule has 134 valence electrons. The van der Waals surface area contributed by atoms with Crippen molar-refractivity contribution < 1.29 is 14.0 Å². The number of thiazole rings is 1. The molecule has 0 spiro atoms. The van der Waals surface area contributed by atoms with E-state index in [1.54, 1.807) is 12.3 Å². The van der Waals surface area contributed by atoms with Crippen LogP contribution in [0.3, 0.4) is 0 Å². The maximum atomic E-state index is 13.2. The van der Waals surface area contributed by atoms with Crippen LogP contribution in [-0.2, 0) is 16.0 Å². The number of hydrogen-bond donors (Lipinski definition) is 3. The van der Waals surface area contributed by atoms with E-state index in [2.05, 4.69) is 15.6 Å². The summed E-state index contributed by atoms with van der Waals surface area (Å²) in [5.74, 6) is -1.04. The first-order valence-corrected chi connectivity index (χ1v) is 8.69. The summed E-state index contributed by atoms with van der Waals surface area (Å²) in [6, 6.07) is 5.69. The van der Waals surface area contributed by atoms with Gasteiger partial charge >= 0.3 is 0 Å². The van der Waals surface area contributed by atoms with Gasteiger partial charge in [-0.3, -0.25) is 9.59 Å². The number of anilines is 1. The van der Waals surface area contributed by atoms with Gasteiger partial charge in [0.05, 0.1) is 12.6 Å². The molecule has 0 aliphatic carbocycles. The fraction of sp³-hybridized carbons (Fsp3) is 0.353. The summed E-state index contributed by atoms with van der Waals surface area (Å²) >= 11 is 1.30. The van der Waals surface area contributed by atoms with E-state index >= 15 is 0 Å². The molecule has 0 aliphatic heterocycles. The van der Waals surface area contributed by atoms with Crippen molar-refractivity contribution in [1.82, 2.24) is 10.3 Å². The fourth-order valence-corrected chi connectivity index (χ4v) is 2.91. The maximum Gasteiger partial charge on any atom is 0.245 e. The molecule has 6 nitrogen and oxygen atoms in total. The van der Waals surface area contributed by atoms with Crippen molar-refractivity contribution in [1.29, 1.82) is 0 Å². The molecule has 0 saturated heterocycles. The third kappa shape index (κ3) is 5.91. The number of benzene rings is 1. The molecule has 0 fully saturated rings. The van der Waals surface area contributed by atoms with E-state index in [1.807, 2.05) is 19.9 Å². The second-order valence-electron chi connectivity index (χ2n) is 5.97. The average molecular weight is 364 g/mol. The first kappa shape index (κ1) is 19.0. The highest BCUT2D eigenvalue weighted by Crippen LogP contribution is 2.21. The standard InChI is InChI=1S/C17H21FN4O2S/c1-10(2)15(19)16(24)20-9-14(23)22-17-21-8-13(25-17)7-11-4-3-5-12(18)6-11/h3-6,8,10,15H,7,9,19H2,1-2H3,(H,20,24)(H,21,22,23)/t15-/m0/s1. The van der Waals surface area contributed by atoms with Gasteiger partial charge in [0.1, 0.15) is 5.82 Å². The van der Waals surface area contributed by atoms with Crippen LogP contribution < -0.4 is 16.4 Å². The van der Waals surface area contributed by atoms with Crippen molar-refractivity contribution in [3.8, 4) is 0 Å². The molecular weight excluding hydrogens is 343 g/mol. The topological polar surface area (TPSA) is 97.1 Å². The van der Waals surface area contributed by atoms with Crippen LogP contribution in [0.1, 0.15) is 24.3 Å². The normalized spacial score (nSPS) is 12.0. The number of nitrogens with zero attached hydrogens (tertiary/aromatic N) is 1. The van der Waals surface area contributed by atoms with Crippen LogP contribution in [0.5, 0.6) is 0 Å². The Morgan fingerprint density at radius 1 is 1.36 bits per heavy atom. The van der Waals surface area contributed by atoms with Crippen molar-refractivity contribution in [2.24, 2.45) is 11.7 Å². The van der Waals surface area contributed by atoms with Gasteiger partial charge in [0, 0.05) is 17.5 Å². The average Bonchev–Trinajstić information content (AvgIpc) is 2.98. The van der Waals surface area contributed by atoms with Gasteiger partial charge in [-0.2, -0.15) is 0 Å². The van der Waals surface area contributed by atoms with Crippen LogP contribution in [0.4, 0.5) is 9.52 Å². The Morgan fingerprint density at radius 2 is 2.12 bits per heavy atom. The lowest BCUT2D eigenvalue weighted by Gasteiger charge is -2.14. The molecule has 1 atom stereocenters. The van der Waals surface area contributed by atoms with Gasteiger partial charge in [-0.05, 0) is 23.6 Å². The quantitative estimate of drug-likeness (QED) is 0.699. The molecule has 4 N–H and O–H groups in total. The smallest absolute Gasteiger partial charge is 0.245 e. The molecule has 8 heteroatoms. The Hall–Kier alpha value is -2.32. The zero-order valence-corrected chi connectivity index (χ0v) is 14.9. The van der Waals surface area contributed by atoms with Crippen molar-refractivity contribution in [3.63, 3.8) is 0 Å². The predicted octanol–water partition coefficient (Wildman–Crippen LogP) is 1.91. The van der Waals surface area contributed by atoms with Crippen molar-refractivity contribution in [2.75, 3.05) is 11.9 Å². The molecule has 1 heterocycles. The highest BCUT2D eigenvalue weighted by atomic mass is 32.1. The molecule has 0 aliphatic rings. The maximum absolute atomic E-state index is 13.2. The number of nitrogens with one attached hydrogen (secondary N) is 2. The molecule has 2 amide bonds. The zero-order chi connectivity index (χ0) is 18.4. The third-order valence-electron chi connectivity index (χ3n) is 3.51. The monoisotopic (exact) mass is 364 g/mol. The Bertz CT molecular complexity index is 748. The first-order valence-electron chi connectivity index (χ1n) is 7.87. The summed E-state index contributed by atoms with van der Waals surface area (Å²) in [5, 5.41) is 5.55. The Balaban J connectivity index is 1.84. The molecule has 0 bridgehead atoms. The molecule has 2 rings (SSSR count). The van der Waals surface area contributed by atoms with E-state index in [4.69, 9.17) is 5.73 Å². The number of carbonyl (C=O) groups is 2. The van der Waals surface area contributed by atoms with Gasteiger partial charge in [0.15, 0.2) is 5.13 Å². The van der Waals surface area contributed by atoms with Gasteiger partial charge in [-0.15, -0.1) is 11.3 Å². The van der Waals surface area contributed by atoms with Crippen LogP contribution in [0.2, 0.25) is 0 Å². The lowest BCUT2D eigenvalue weighted by molar-refractivity contribution is -0.125. The first-order chi connectivity index (χ1) is 11.8. The van der Waals surface area contributed by atoms with Crippen molar-refractivity contribution in [2.45, 2.75) is 26.3 Å². The van der Waals surface area contributed by atoms with Crippen molar-refractivity contribution in [3.05, 3.63) is 46.7 Å². The molecule has 1 aromatic heterocycles. The number of aromatic nitrogens is 1. The summed E-state index contributed by atoms with van der Waals surface area (Å²) in [4.78, 5) is 28.6. The summed E-state index contributed by atoms with van der Waals surface area (Å²) in [5.41, 5.74) is 6.54. The Morgan fingerprint density at radius 3 is 2.80 bits per heavy atom. The summed E-state index contributed by atoms with van der Waals surface area (Å²) in [6.07, 6.45) is 2.17. The van der Waals surface area contributed by atoms with E-state index in [-0.39, 0.29) is 30.1 Å². The van der Waals surface area contributed by atoms with E-state index in [0.717, 1.165) is 10.4 Å². The third-order valence-corrected chi connectivity index (χ3v) is 4.42. The van der Waals surface area contributed by atoms with Gasteiger partial charge < -0.3 is 16.4 Å². The van der Waals surface area contributed by atoms with E-state index in [0.29, 0.717) is 11.6 Å². The second-order valence-corrected chi connectivity index (χ2v) is 7.09. The summed E-state index contributed by atoms with van der Waals surface area (Å²) in [7, 11) is 0. The predicted molar refractivity (Wildman–Crippen MR) is 95.8 cm³/mol. The molecular formula is C17H21FN4O2S. The highest BCUT2D eigenvalue weighted by molar-refractivity contribution is 7.15. The lowest BCUT2D eigenvalue weighted by Crippen LogP contribution is -2.46. The lowest BCUT2D eigenvalue weighted by atomic mass is 10.1. The number of hydrogen-bond acceptors (Lipinski definition) is 5. The van der Waals surface area contributed by atoms with Crippen LogP contribution in [0.25, 0.3) is 0 Å². The molecule has 0 radical (unpaired) electrons. The molecule has 2 aromatic rings. The van der Waals surface area contributed by atoms with E-state index in [1.165, 1.54) is 23.5 Å². The minimum absolute atomic E-state index is 0.00703. The summed E-state index contributed by atoms with van der Waals surface area (Å²) in [6.45, 7) is 3.50. The number of carbonyl (C=O) groups excluding carboxylic acids is 2. The van der Waals surface area contributed by atoms with Gasteiger partial charge in [0.2, 0.25) is 11.8 Å². The highest BCUT2D eigenvalue weighted by Gasteiger charge is 2.17. The zero-order valence-electron chi connectivity index (χ0n) is 14.1. The van der Waals surface area contributed by atoms with Gasteiger partial charge in [-0.1, -0.05) is 26.0 Å². The number of nitrogens with two attached hydrogens (primary N) is 1. The number of halogens is 1. The molecule has 25 heavy (non-hydrogen) atoms. The number of rotatable bonds is 7. The van der Waals surface area contributed by atoms with Crippen LogP contribution >= 0.6 is 11.3 Å². The van der Waals surface area contributed by atoms with Crippen LogP contribution in [-0.4, -0.2) is 29.4 Å². The van der Waals surface area contributed by atoms with Gasteiger partial charge in [-0.25, -0.2) is 9.37 Å². The Labute approximate surface area is 149 Å². The largest absolute Gasteiger partial charge is 0.346 e. The molecule has 1 aromatic carbocycles.